The van der Waals surface area contributed by atoms with Gasteiger partial charge >= 0.3 is 0 Å². The van der Waals surface area contributed by atoms with Crippen LogP contribution in [0.5, 0.6) is 11.5 Å². The fourth-order valence-electron chi connectivity index (χ4n) is 3.68. The van der Waals surface area contributed by atoms with Crippen LogP contribution in [-0.2, 0) is 9.59 Å². The van der Waals surface area contributed by atoms with Gasteiger partial charge in [-0.1, -0.05) is 42.5 Å². The molecule has 1 heterocycles. The fourth-order valence-corrected chi connectivity index (χ4v) is 3.68. The topological polar surface area (TPSA) is 67.9 Å². The van der Waals surface area contributed by atoms with Crippen molar-refractivity contribution in [1.82, 2.24) is 0 Å². The Morgan fingerprint density at radius 1 is 0.781 bits per heavy atom. The predicted octanol–water partition coefficient (Wildman–Crippen LogP) is 4.72. The molecular weight excluding hydrogens is 404 g/mol. The molecule has 3 aromatic carbocycles. The molecule has 2 amide bonds. The number of aryl methyl sites for hydroxylation is 2. The van der Waals surface area contributed by atoms with Gasteiger partial charge in [-0.15, -0.1) is 0 Å². The van der Waals surface area contributed by atoms with Gasteiger partial charge < -0.3 is 14.8 Å². The maximum absolute atomic E-state index is 13.6. The SMILES string of the molecule is COc1cc(OC)cc(N2C(=O)C(Nc3cc(C)ccc3C)=C(c3ccccc3)C2=O)c1. The molecule has 162 valence electrons. The number of hydrogen-bond donors (Lipinski definition) is 1. The van der Waals surface area contributed by atoms with Gasteiger partial charge in [0.2, 0.25) is 0 Å². The molecule has 0 fully saturated rings. The van der Waals surface area contributed by atoms with Gasteiger partial charge in [-0.25, -0.2) is 4.90 Å². The molecule has 0 spiro atoms. The van der Waals surface area contributed by atoms with E-state index in [1.54, 1.807) is 18.2 Å². The molecule has 0 atom stereocenters. The second kappa shape index (κ2) is 8.59. The highest BCUT2D eigenvalue weighted by Crippen LogP contribution is 2.37. The van der Waals surface area contributed by atoms with Crippen molar-refractivity contribution in [3.8, 4) is 11.5 Å². The third-order valence-corrected chi connectivity index (χ3v) is 5.39. The summed E-state index contributed by atoms with van der Waals surface area (Å²) in [6, 6.07) is 20.1. The van der Waals surface area contributed by atoms with Gasteiger partial charge in [0, 0.05) is 23.9 Å². The lowest BCUT2D eigenvalue weighted by molar-refractivity contribution is -0.120. The Labute approximate surface area is 187 Å². The molecule has 0 aromatic heterocycles. The van der Waals surface area contributed by atoms with Crippen molar-refractivity contribution in [1.29, 1.82) is 0 Å². The number of rotatable bonds is 6. The molecule has 0 radical (unpaired) electrons. The van der Waals surface area contributed by atoms with Crippen molar-refractivity contribution in [2.45, 2.75) is 13.8 Å². The summed E-state index contributed by atoms with van der Waals surface area (Å²) in [6.07, 6.45) is 0. The van der Waals surface area contributed by atoms with Crippen molar-refractivity contribution in [2.75, 3.05) is 24.4 Å². The van der Waals surface area contributed by atoms with E-state index in [1.807, 2.05) is 62.4 Å². The van der Waals surface area contributed by atoms with E-state index in [0.29, 0.717) is 28.3 Å². The summed E-state index contributed by atoms with van der Waals surface area (Å²) in [5, 5.41) is 3.24. The number of methoxy groups -OCH3 is 2. The van der Waals surface area contributed by atoms with E-state index in [4.69, 9.17) is 9.47 Å². The monoisotopic (exact) mass is 428 g/mol. The van der Waals surface area contributed by atoms with Gasteiger partial charge in [0.05, 0.1) is 25.5 Å². The van der Waals surface area contributed by atoms with Crippen LogP contribution in [0.25, 0.3) is 5.57 Å². The maximum atomic E-state index is 13.6. The van der Waals surface area contributed by atoms with E-state index in [0.717, 1.165) is 21.7 Å². The van der Waals surface area contributed by atoms with Gasteiger partial charge in [0.15, 0.2) is 0 Å². The van der Waals surface area contributed by atoms with Gasteiger partial charge in [-0.05, 0) is 36.6 Å². The van der Waals surface area contributed by atoms with Crippen LogP contribution in [0.2, 0.25) is 0 Å². The van der Waals surface area contributed by atoms with Crippen molar-refractivity contribution >= 4 is 28.8 Å². The predicted molar refractivity (Wildman–Crippen MR) is 125 cm³/mol. The average Bonchev–Trinajstić information content (AvgIpc) is 3.05. The van der Waals surface area contributed by atoms with Gasteiger partial charge in [-0.2, -0.15) is 0 Å². The third kappa shape index (κ3) is 3.83. The smallest absolute Gasteiger partial charge is 0.282 e. The zero-order chi connectivity index (χ0) is 22.8. The summed E-state index contributed by atoms with van der Waals surface area (Å²) in [5.74, 6) is 0.115. The summed E-state index contributed by atoms with van der Waals surface area (Å²) in [5.41, 5.74) is 4.39. The molecule has 0 bridgehead atoms. The van der Waals surface area contributed by atoms with Crippen LogP contribution < -0.4 is 19.7 Å². The molecule has 32 heavy (non-hydrogen) atoms. The Bertz CT molecular complexity index is 1210. The first-order chi connectivity index (χ1) is 15.4. The van der Waals surface area contributed by atoms with Crippen LogP contribution >= 0.6 is 0 Å². The van der Waals surface area contributed by atoms with Crippen LogP contribution in [0.1, 0.15) is 16.7 Å². The molecule has 0 aliphatic carbocycles. The lowest BCUT2D eigenvalue weighted by atomic mass is 10.0. The number of imide groups is 1. The van der Waals surface area contributed by atoms with Crippen LogP contribution in [0.15, 0.2) is 72.4 Å². The van der Waals surface area contributed by atoms with Crippen LogP contribution in [0.4, 0.5) is 11.4 Å². The number of nitrogens with zero attached hydrogens (tertiary/aromatic N) is 1. The minimum absolute atomic E-state index is 0.233. The van der Waals surface area contributed by atoms with E-state index >= 15 is 0 Å². The van der Waals surface area contributed by atoms with Crippen molar-refractivity contribution in [3.05, 3.63) is 89.1 Å². The molecule has 0 unspecified atom stereocenters. The molecule has 1 aliphatic rings. The first kappa shape index (κ1) is 21.2. The van der Waals surface area contributed by atoms with Gasteiger partial charge in [0.25, 0.3) is 11.8 Å². The number of carbonyl (C=O) groups is 2. The van der Waals surface area contributed by atoms with Crippen LogP contribution in [0.3, 0.4) is 0 Å². The quantitative estimate of drug-likeness (QED) is 0.576. The average molecular weight is 428 g/mol. The van der Waals surface area contributed by atoms with Crippen molar-refractivity contribution in [2.24, 2.45) is 0 Å². The first-order valence-electron chi connectivity index (χ1n) is 10.2. The molecule has 3 aromatic rings. The van der Waals surface area contributed by atoms with Crippen molar-refractivity contribution < 1.29 is 19.1 Å². The molecule has 0 saturated carbocycles. The molecule has 4 rings (SSSR count). The van der Waals surface area contributed by atoms with E-state index < -0.39 is 11.8 Å². The van der Waals surface area contributed by atoms with Gasteiger partial charge in [0.1, 0.15) is 17.2 Å². The fraction of sp³-hybridized carbons (Fsp3) is 0.154. The zero-order valence-corrected chi connectivity index (χ0v) is 18.4. The lowest BCUT2D eigenvalue weighted by Crippen LogP contribution is -2.32. The highest BCUT2D eigenvalue weighted by atomic mass is 16.5. The van der Waals surface area contributed by atoms with E-state index in [9.17, 15) is 9.59 Å². The standard InChI is InChI=1S/C26H24N2O4/c1-16-10-11-17(2)22(12-16)27-24-23(18-8-6-5-7-9-18)25(29)28(26(24)30)19-13-20(31-3)15-21(14-19)32-4/h5-15,27H,1-4H3. The Balaban J connectivity index is 1.85. The second-order valence-electron chi connectivity index (χ2n) is 7.58. The Morgan fingerprint density at radius 2 is 1.44 bits per heavy atom. The summed E-state index contributed by atoms with van der Waals surface area (Å²) in [7, 11) is 3.04. The molecule has 6 nitrogen and oxygen atoms in total. The molecular formula is C26H24N2O4. The Morgan fingerprint density at radius 3 is 2.06 bits per heavy atom. The normalized spacial score (nSPS) is 13.6. The number of nitrogens with one attached hydrogen (secondary N) is 1. The van der Waals surface area contributed by atoms with Gasteiger partial charge in [-0.3, -0.25) is 9.59 Å². The number of hydrogen-bond acceptors (Lipinski definition) is 5. The van der Waals surface area contributed by atoms with Crippen LogP contribution in [0, 0.1) is 13.8 Å². The number of benzene rings is 3. The molecule has 1 aliphatic heterocycles. The molecule has 1 N–H and O–H groups in total. The molecule has 6 heteroatoms. The molecule has 0 saturated heterocycles. The summed E-state index contributed by atoms with van der Waals surface area (Å²) in [4.78, 5) is 28.4. The highest BCUT2D eigenvalue weighted by Gasteiger charge is 2.40. The first-order valence-corrected chi connectivity index (χ1v) is 10.2. The number of carbonyl (C=O) groups excluding carboxylic acids is 2. The third-order valence-electron chi connectivity index (χ3n) is 5.39. The largest absolute Gasteiger partial charge is 0.497 e. The Kier molecular flexibility index (Phi) is 5.69. The summed E-state index contributed by atoms with van der Waals surface area (Å²) >= 11 is 0. The second-order valence-corrected chi connectivity index (χ2v) is 7.58. The number of amides is 2. The lowest BCUT2D eigenvalue weighted by Gasteiger charge is -2.18. The summed E-state index contributed by atoms with van der Waals surface area (Å²) in [6.45, 7) is 3.93. The number of anilines is 2. The minimum Gasteiger partial charge on any atom is -0.497 e. The van der Waals surface area contributed by atoms with E-state index in [2.05, 4.69) is 5.32 Å². The maximum Gasteiger partial charge on any atom is 0.282 e. The van der Waals surface area contributed by atoms with E-state index in [1.165, 1.54) is 14.2 Å². The highest BCUT2D eigenvalue weighted by molar-refractivity contribution is 6.46. The zero-order valence-electron chi connectivity index (χ0n) is 18.4. The van der Waals surface area contributed by atoms with Crippen LogP contribution in [-0.4, -0.2) is 26.0 Å². The minimum atomic E-state index is -0.440. The summed E-state index contributed by atoms with van der Waals surface area (Å²) < 4.78 is 10.7. The number of ether oxygens (including phenoxy) is 2. The van der Waals surface area contributed by atoms with Crippen molar-refractivity contribution in [3.63, 3.8) is 0 Å². The van der Waals surface area contributed by atoms with E-state index in [-0.39, 0.29) is 5.70 Å². The Hall–Kier alpha value is -4.06.